The molecule has 12 heteroatoms. The molecule has 0 radical (unpaired) electrons. The SMILES string of the molecule is CCOC(=O)Cc1ccc(OC2CCN(CC(O)(c3cn(Cc4ccccc4OC)c4cc(C#N)ccc34)C(F)(F)F)CC2)c(OC)c1. The Morgan fingerprint density at radius 3 is 2.40 bits per heavy atom. The number of ether oxygens (including phenoxy) is 4. The van der Waals surface area contributed by atoms with Crippen LogP contribution < -0.4 is 14.2 Å². The third kappa shape index (κ3) is 7.37. The summed E-state index contributed by atoms with van der Waals surface area (Å²) in [4.78, 5) is 13.5. The molecule has 1 saturated heterocycles. The number of fused-ring (bicyclic) bond motifs is 1. The summed E-state index contributed by atoms with van der Waals surface area (Å²) in [5.41, 5.74) is -1.36. The molecular formula is C36H38F3N3O6. The van der Waals surface area contributed by atoms with E-state index < -0.39 is 18.3 Å². The normalized spacial score (nSPS) is 15.5. The highest BCUT2D eigenvalue weighted by Crippen LogP contribution is 2.44. The predicted molar refractivity (Wildman–Crippen MR) is 172 cm³/mol. The number of nitriles is 1. The van der Waals surface area contributed by atoms with Crippen molar-refractivity contribution in [2.45, 2.75) is 50.6 Å². The molecule has 48 heavy (non-hydrogen) atoms. The van der Waals surface area contributed by atoms with Crippen molar-refractivity contribution in [1.82, 2.24) is 9.47 Å². The van der Waals surface area contributed by atoms with Gasteiger partial charge in [-0.15, -0.1) is 0 Å². The zero-order chi connectivity index (χ0) is 34.5. The fourth-order valence-electron chi connectivity index (χ4n) is 6.15. The number of benzene rings is 3. The molecule has 9 nitrogen and oxygen atoms in total. The summed E-state index contributed by atoms with van der Waals surface area (Å²) < 4.78 is 68.6. The monoisotopic (exact) mass is 665 g/mol. The number of carbonyl (C=O) groups is 1. The highest BCUT2D eigenvalue weighted by molar-refractivity contribution is 5.86. The van der Waals surface area contributed by atoms with Crippen molar-refractivity contribution in [3.05, 3.63) is 89.1 Å². The number of hydrogen-bond acceptors (Lipinski definition) is 8. The van der Waals surface area contributed by atoms with Crippen LogP contribution in [0.1, 0.15) is 42.0 Å². The number of alkyl halides is 3. The summed E-state index contributed by atoms with van der Waals surface area (Å²) in [6, 6.07) is 18.8. The van der Waals surface area contributed by atoms with Gasteiger partial charge in [0.15, 0.2) is 11.5 Å². The van der Waals surface area contributed by atoms with E-state index >= 15 is 0 Å². The van der Waals surface area contributed by atoms with E-state index in [0.29, 0.717) is 41.2 Å². The lowest BCUT2D eigenvalue weighted by Crippen LogP contribution is -2.53. The van der Waals surface area contributed by atoms with Crippen LogP contribution in [0.25, 0.3) is 10.9 Å². The number of esters is 1. The first-order chi connectivity index (χ1) is 23.0. The summed E-state index contributed by atoms with van der Waals surface area (Å²) in [6.45, 7) is 2.02. The van der Waals surface area contributed by atoms with E-state index in [1.54, 1.807) is 46.7 Å². The summed E-state index contributed by atoms with van der Waals surface area (Å²) in [6.07, 6.45) is -3.04. The van der Waals surface area contributed by atoms with Crippen molar-refractivity contribution in [3.8, 4) is 23.3 Å². The van der Waals surface area contributed by atoms with Crippen molar-refractivity contribution < 1.29 is 42.0 Å². The van der Waals surface area contributed by atoms with E-state index in [2.05, 4.69) is 6.07 Å². The molecule has 2 heterocycles. The minimum absolute atomic E-state index is 0.0869. The van der Waals surface area contributed by atoms with Gasteiger partial charge in [0.25, 0.3) is 0 Å². The molecule has 0 spiro atoms. The number of piperidine rings is 1. The van der Waals surface area contributed by atoms with E-state index in [9.17, 15) is 28.3 Å². The minimum Gasteiger partial charge on any atom is -0.496 e. The smallest absolute Gasteiger partial charge is 0.422 e. The maximum atomic E-state index is 14.9. The molecule has 3 aromatic carbocycles. The third-order valence-corrected chi connectivity index (χ3v) is 8.62. The van der Waals surface area contributed by atoms with Crippen molar-refractivity contribution >= 4 is 16.9 Å². The van der Waals surface area contributed by atoms with Crippen molar-refractivity contribution in [1.29, 1.82) is 5.26 Å². The number of β-amino-alcohol motifs (C(OH)–C–C–N with tert-alkyl or cyclic N) is 1. The highest BCUT2D eigenvalue weighted by atomic mass is 19.4. The Bertz CT molecular complexity index is 1790. The summed E-state index contributed by atoms with van der Waals surface area (Å²) in [5, 5.41) is 21.4. The summed E-state index contributed by atoms with van der Waals surface area (Å²) in [5.74, 6) is 1.12. The van der Waals surface area contributed by atoms with E-state index in [1.165, 1.54) is 38.6 Å². The predicted octanol–water partition coefficient (Wildman–Crippen LogP) is 5.98. The van der Waals surface area contributed by atoms with Gasteiger partial charge in [-0.3, -0.25) is 9.69 Å². The maximum absolute atomic E-state index is 14.9. The number of nitrogens with zero attached hydrogens (tertiary/aromatic N) is 3. The Labute approximate surface area is 277 Å². The van der Waals surface area contributed by atoms with Gasteiger partial charge in [-0.2, -0.15) is 18.4 Å². The average molecular weight is 666 g/mol. The van der Waals surface area contributed by atoms with Gasteiger partial charge < -0.3 is 28.6 Å². The van der Waals surface area contributed by atoms with Gasteiger partial charge in [0.05, 0.1) is 50.9 Å². The Balaban J connectivity index is 1.36. The van der Waals surface area contributed by atoms with Gasteiger partial charge in [0, 0.05) is 42.3 Å². The average Bonchev–Trinajstić information content (AvgIpc) is 3.43. The number of para-hydroxylation sites is 1. The molecule has 1 unspecified atom stereocenters. The standard InChI is InChI=1S/C36H38F3N3O6/c1-4-47-34(43)19-24-10-12-32(33(18-24)46-3)48-27-13-15-41(16-14-27)23-35(44,36(37,38)39)29-22-42(21-26-7-5-6-8-31(26)45-2)30-17-25(20-40)9-11-28(29)30/h5-12,17-18,22,27,44H,4,13-16,19,21,23H2,1-3H3. The highest BCUT2D eigenvalue weighted by Gasteiger charge is 2.57. The molecule has 5 rings (SSSR count). The first-order valence-corrected chi connectivity index (χ1v) is 15.7. The number of aromatic nitrogens is 1. The Hall–Kier alpha value is -4.73. The van der Waals surface area contributed by atoms with Crippen LogP contribution in [0.3, 0.4) is 0 Å². The van der Waals surface area contributed by atoms with E-state index in [4.69, 9.17) is 18.9 Å². The van der Waals surface area contributed by atoms with Crippen LogP contribution in [0, 0.1) is 11.3 Å². The molecule has 1 aliphatic heterocycles. The van der Waals surface area contributed by atoms with E-state index in [1.807, 2.05) is 12.1 Å². The van der Waals surface area contributed by atoms with Crippen LogP contribution in [0.4, 0.5) is 13.2 Å². The molecule has 0 amide bonds. The number of methoxy groups -OCH3 is 2. The number of carbonyl (C=O) groups excluding carboxylic acids is 1. The van der Waals surface area contributed by atoms with Gasteiger partial charge in [0.2, 0.25) is 5.60 Å². The maximum Gasteiger partial charge on any atom is 0.422 e. The minimum atomic E-state index is -5.00. The second-order valence-electron chi connectivity index (χ2n) is 11.7. The van der Waals surface area contributed by atoms with Gasteiger partial charge >= 0.3 is 12.1 Å². The zero-order valence-corrected chi connectivity index (χ0v) is 27.0. The molecule has 1 aliphatic rings. The van der Waals surface area contributed by atoms with Crippen molar-refractivity contribution in [3.63, 3.8) is 0 Å². The summed E-state index contributed by atoms with van der Waals surface area (Å²) in [7, 11) is 3.01. The first-order valence-electron chi connectivity index (χ1n) is 15.7. The van der Waals surface area contributed by atoms with Crippen LogP contribution in [0.2, 0.25) is 0 Å². The van der Waals surface area contributed by atoms with Gasteiger partial charge in [-0.1, -0.05) is 30.3 Å². The summed E-state index contributed by atoms with van der Waals surface area (Å²) >= 11 is 0. The quantitative estimate of drug-likeness (QED) is 0.185. The van der Waals surface area contributed by atoms with Gasteiger partial charge in [-0.25, -0.2) is 0 Å². The molecule has 4 aromatic rings. The Kier molecular flexibility index (Phi) is 10.5. The molecular weight excluding hydrogens is 627 g/mol. The molecule has 1 fully saturated rings. The lowest BCUT2D eigenvalue weighted by Gasteiger charge is -2.39. The Morgan fingerprint density at radius 1 is 1.00 bits per heavy atom. The Morgan fingerprint density at radius 2 is 1.73 bits per heavy atom. The molecule has 1 aromatic heterocycles. The van der Waals surface area contributed by atoms with E-state index in [0.717, 1.165) is 5.56 Å². The second-order valence-corrected chi connectivity index (χ2v) is 11.7. The molecule has 0 saturated carbocycles. The number of likely N-dealkylation sites (tertiary alicyclic amines) is 1. The molecule has 0 bridgehead atoms. The topological polar surface area (TPSA) is 106 Å². The zero-order valence-electron chi connectivity index (χ0n) is 27.0. The lowest BCUT2D eigenvalue weighted by atomic mass is 9.90. The van der Waals surface area contributed by atoms with Crippen LogP contribution in [0.5, 0.6) is 17.2 Å². The van der Waals surface area contributed by atoms with Crippen LogP contribution in [-0.2, 0) is 28.1 Å². The fourth-order valence-corrected chi connectivity index (χ4v) is 6.15. The first kappa shape index (κ1) is 34.6. The number of rotatable bonds is 12. The number of hydrogen-bond donors (Lipinski definition) is 1. The third-order valence-electron chi connectivity index (χ3n) is 8.62. The van der Waals surface area contributed by atoms with Crippen LogP contribution in [-0.4, -0.2) is 73.3 Å². The largest absolute Gasteiger partial charge is 0.496 e. The number of halogens is 3. The molecule has 254 valence electrons. The van der Waals surface area contributed by atoms with Gasteiger partial charge in [0.1, 0.15) is 11.9 Å². The molecule has 0 aliphatic carbocycles. The molecule has 1 N–H and O–H groups in total. The van der Waals surface area contributed by atoms with Crippen LogP contribution >= 0.6 is 0 Å². The van der Waals surface area contributed by atoms with Crippen LogP contribution in [0.15, 0.2) is 66.9 Å². The van der Waals surface area contributed by atoms with E-state index in [-0.39, 0.29) is 61.2 Å². The van der Waals surface area contributed by atoms with Gasteiger partial charge in [-0.05, 0) is 55.7 Å². The number of aliphatic hydroxyl groups is 1. The van der Waals surface area contributed by atoms with Crippen molar-refractivity contribution in [2.24, 2.45) is 0 Å². The second kappa shape index (κ2) is 14.6. The molecule has 1 atom stereocenters. The van der Waals surface area contributed by atoms with Crippen molar-refractivity contribution in [2.75, 3.05) is 40.5 Å². The fraction of sp³-hybridized carbons (Fsp3) is 0.389. The lowest BCUT2D eigenvalue weighted by molar-refractivity contribution is -0.272.